The maximum atomic E-state index is 7.20. The first kappa shape index (κ1) is 54.0. The van der Waals surface area contributed by atoms with Gasteiger partial charge in [0.05, 0.1) is 25.2 Å². The highest BCUT2D eigenvalue weighted by atomic mass is 28.4. The van der Waals surface area contributed by atoms with E-state index in [9.17, 15) is 0 Å². The number of rotatable bonds is 38. The third-order valence-electron chi connectivity index (χ3n) is 15.2. The van der Waals surface area contributed by atoms with Crippen LogP contribution in [0.4, 0.5) is 5.82 Å². The van der Waals surface area contributed by atoms with E-state index < -0.39 is 25.9 Å². The van der Waals surface area contributed by atoms with Crippen molar-refractivity contribution in [3.05, 3.63) is 12.7 Å². The molecule has 5 atom stereocenters. The second-order valence-corrected chi connectivity index (χ2v) is 26.8. The van der Waals surface area contributed by atoms with Crippen LogP contribution in [0, 0.1) is 5.92 Å². The fraction of sp³-hybridized carbons (Fsp3) is 0.887. The van der Waals surface area contributed by atoms with Crippen LogP contribution in [0.15, 0.2) is 17.6 Å². The van der Waals surface area contributed by atoms with Crippen LogP contribution in [0.1, 0.15) is 227 Å². The van der Waals surface area contributed by atoms with Gasteiger partial charge in [0.1, 0.15) is 18.0 Å². The third-order valence-corrected chi connectivity index (χ3v) is 19.6. The van der Waals surface area contributed by atoms with Crippen LogP contribution in [0.5, 0.6) is 0 Å². The zero-order chi connectivity index (χ0) is 46.6. The van der Waals surface area contributed by atoms with Gasteiger partial charge in [-0.25, -0.2) is 19.9 Å². The van der Waals surface area contributed by atoms with Gasteiger partial charge < -0.3 is 18.8 Å². The molecule has 3 fully saturated rings. The Labute approximate surface area is 398 Å². The predicted molar refractivity (Wildman–Crippen MR) is 272 cm³/mol. The van der Waals surface area contributed by atoms with Crippen LogP contribution in [0.2, 0.25) is 18.1 Å². The largest absolute Gasteiger partial charge is 0.389 e. The summed E-state index contributed by atoms with van der Waals surface area (Å²) in [6.45, 7) is 18.6. The Morgan fingerprint density at radius 3 is 1.65 bits per heavy atom. The van der Waals surface area contributed by atoms with Gasteiger partial charge in [-0.2, -0.15) is 5.06 Å². The van der Waals surface area contributed by atoms with E-state index in [4.69, 9.17) is 23.7 Å². The normalized spacial score (nSPS) is 22.9. The second kappa shape index (κ2) is 27.3. The molecule has 65 heavy (non-hydrogen) atoms. The molecule has 2 aliphatic heterocycles. The SMILES string of the molecule is CCCCCCCCCCCCCCCCN(CCCCCCCCCCCCCCCC)OC[C@]12CC3(O[Si](C)(C)C(C)(C)C)OC(C31)[C@H](n1cnc3c(N=CN(C)C)ncnc31)O2. The van der Waals surface area contributed by atoms with E-state index in [1.165, 1.54) is 180 Å². The smallest absolute Gasteiger partial charge is 0.195 e. The first-order valence-corrected chi connectivity index (χ1v) is 30.1. The minimum Gasteiger partial charge on any atom is -0.389 e. The highest BCUT2D eigenvalue weighted by molar-refractivity contribution is 6.74. The molecule has 11 nitrogen and oxygen atoms in total. The van der Waals surface area contributed by atoms with E-state index in [0.29, 0.717) is 30.0 Å². The van der Waals surface area contributed by atoms with Crippen molar-refractivity contribution in [1.29, 1.82) is 0 Å². The Bertz CT molecular complexity index is 1620. The van der Waals surface area contributed by atoms with Crippen LogP contribution in [-0.2, 0) is 18.7 Å². The molecule has 3 unspecified atom stereocenters. The zero-order valence-electron chi connectivity index (χ0n) is 43.4. The molecule has 0 radical (unpaired) electrons. The Morgan fingerprint density at radius 2 is 1.18 bits per heavy atom. The van der Waals surface area contributed by atoms with Gasteiger partial charge in [0.15, 0.2) is 37.3 Å². The topological polar surface area (TPSA) is 99.4 Å². The first-order valence-electron chi connectivity index (χ1n) is 27.2. The van der Waals surface area contributed by atoms with E-state index in [0.717, 1.165) is 13.1 Å². The number of aliphatic imine (C=N–C) groups is 1. The van der Waals surface area contributed by atoms with E-state index in [2.05, 4.69) is 67.7 Å². The molecule has 0 bridgehead atoms. The van der Waals surface area contributed by atoms with Crippen LogP contribution in [0.3, 0.4) is 0 Å². The maximum absolute atomic E-state index is 7.20. The number of hydrogen-bond acceptors (Lipinski definition) is 9. The molecular formula is C53H97N7O4Si. The molecule has 2 saturated heterocycles. The highest BCUT2D eigenvalue weighted by Crippen LogP contribution is 2.71. The molecule has 1 saturated carbocycles. The van der Waals surface area contributed by atoms with Crippen LogP contribution in [-0.4, -0.2) is 95.4 Å². The minimum absolute atomic E-state index is 0.0582. The fourth-order valence-electron chi connectivity index (χ4n) is 10.2. The Kier molecular flexibility index (Phi) is 22.7. The monoisotopic (exact) mass is 924 g/mol. The lowest BCUT2D eigenvalue weighted by molar-refractivity contribution is -0.431. The summed E-state index contributed by atoms with van der Waals surface area (Å²) in [5.41, 5.74) is 0.820. The molecule has 12 heteroatoms. The van der Waals surface area contributed by atoms with E-state index in [-0.39, 0.29) is 17.1 Å². The van der Waals surface area contributed by atoms with Crippen LogP contribution in [0.25, 0.3) is 11.2 Å². The van der Waals surface area contributed by atoms with Crippen LogP contribution >= 0.6 is 0 Å². The Morgan fingerprint density at radius 1 is 0.708 bits per heavy atom. The summed E-state index contributed by atoms with van der Waals surface area (Å²) in [4.78, 5) is 27.3. The summed E-state index contributed by atoms with van der Waals surface area (Å²) in [5.74, 6) is -0.0512. The summed E-state index contributed by atoms with van der Waals surface area (Å²) in [7, 11) is 1.73. The van der Waals surface area contributed by atoms with Crippen molar-refractivity contribution in [2.75, 3.05) is 33.8 Å². The average Bonchev–Trinajstić information content (AvgIpc) is 3.73. The highest BCUT2D eigenvalue weighted by Gasteiger charge is 2.83. The molecule has 1 aliphatic carbocycles. The van der Waals surface area contributed by atoms with Crippen molar-refractivity contribution in [3.63, 3.8) is 0 Å². The van der Waals surface area contributed by atoms with Gasteiger partial charge >= 0.3 is 0 Å². The lowest BCUT2D eigenvalue weighted by Crippen LogP contribution is -2.80. The van der Waals surface area contributed by atoms with Crippen molar-refractivity contribution in [2.24, 2.45) is 10.9 Å². The number of imidazole rings is 1. The number of ether oxygens (including phenoxy) is 2. The van der Waals surface area contributed by atoms with Gasteiger partial charge in [-0.3, -0.25) is 9.40 Å². The van der Waals surface area contributed by atoms with Gasteiger partial charge in [-0.05, 0) is 31.0 Å². The number of fused-ring (bicyclic) bond motifs is 1. The predicted octanol–water partition coefficient (Wildman–Crippen LogP) is 14.6. The lowest BCUT2D eigenvalue weighted by atomic mass is 9.59. The molecule has 5 rings (SSSR count). The molecule has 0 aromatic carbocycles. The van der Waals surface area contributed by atoms with Crippen molar-refractivity contribution in [1.82, 2.24) is 29.5 Å². The van der Waals surface area contributed by atoms with Gasteiger partial charge in [-0.1, -0.05) is 202 Å². The van der Waals surface area contributed by atoms with Gasteiger partial charge in [-0.15, -0.1) is 0 Å². The maximum Gasteiger partial charge on any atom is 0.195 e. The summed E-state index contributed by atoms with van der Waals surface area (Å²) in [6.07, 6.45) is 43.5. The second-order valence-electron chi connectivity index (χ2n) is 22.1. The number of aromatic nitrogens is 4. The zero-order valence-corrected chi connectivity index (χ0v) is 44.4. The molecule has 0 amide bonds. The fourth-order valence-corrected chi connectivity index (χ4v) is 11.7. The van der Waals surface area contributed by atoms with Gasteiger partial charge in [0, 0.05) is 33.6 Å². The third kappa shape index (κ3) is 15.8. The van der Waals surface area contributed by atoms with Crippen molar-refractivity contribution in [3.8, 4) is 0 Å². The van der Waals surface area contributed by atoms with E-state index in [1.54, 1.807) is 12.7 Å². The Hall–Kier alpha value is -1.96. The van der Waals surface area contributed by atoms with E-state index in [1.807, 2.05) is 29.9 Å². The molecule has 0 spiro atoms. The molecule has 4 heterocycles. The van der Waals surface area contributed by atoms with Gasteiger partial charge in [0.25, 0.3) is 0 Å². The van der Waals surface area contributed by atoms with Gasteiger partial charge in [0.2, 0.25) is 0 Å². The number of unbranched alkanes of at least 4 members (excludes halogenated alkanes) is 26. The van der Waals surface area contributed by atoms with Crippen molar-refractivity contribution >= 4 is 31.6 Å². The molecule has 2 aromatic heterocycles. The first-order chi connectivity index (χ1) is 31.4. The summed E-state index contributed by atoms with van der Waals surface area (Å²) in [6, 6.07) is 0. The molecule has 372 valence electrons. The number of hydroxylamine groups is 2. The minimum atomic E-state index is -2.15. The lowest BCUT2D eigenvalue weighted by Gasteiger charge is -2.67. The number of nitrogens with zero attached hydrogens (tertiary/aromatic N) is 7. The number of hydrogen-bond donors (Lipinski definition) is 0. The summed E-state index contributed by atoms with van der Waals surface area (Å²) < 4.78 is 23.3. The molecule has 3 aliphatic rings. The quantitative estimate of drug-likeness (QED) is 0.0214. The van der Waals surface area contributed by atoms with Crippen molar-refractivity contribution < 1.29 is 18.7 Å². The van der Waals surface area contributed by atoms with E-state index >= 15 is 0 Å². The average molecular weight is 924 g/mol. The van der Waals surface area contributed by atoms with Crippen LogP contribution < -0.4 is 0 Å². The molecular weight excluding hydrogens is 827 g/mol. The summed E-state index contributed by atoms with van der Waals surface area (Å²) >= 11 is 0. The molecule has 2 aromatic rings. The molecule has 0 N–H and O–H groups in total. The standard InChI is InChI=1S/C53H97N7O4Si/c1-10-12-14-16-18-20-22-24-26-28-30-32-34-36-38-59(39-37-35-33-31-29-27-25-23-21-19-17-15-13-11-2)61-41-52-40-53(64-65(8,9)51(3,4)5)47(52)46(62-53)50(63-52)60-44-56-45-48(57-43-58(6)7)54-42-55-49(45)60/h42-44,46-47,50H,10-41H2,1-9H3/t46?,47?,50-,52-,53?/m1/s1. The van der Waals surface area contributed by atoms with Crippen molar-refractivity contribution in [2.45, 2.75) is 263 Å². The Balaban J connectivity index is 1.16. The summed E-state index contributed by atoms with van der Waals surface area (Å²) in [5, 5.41) is 2.35.